The van der Waals surface area contributed by atoms with E-state index in [0.717, 1.165) is 61.2 Å². The molecule has 0 atom stereocenters. The second-order valence-electron chi connectivity index (χ2n) is 8.39. The standard InChI is InChI=1S/C23H28N10/c1-5-18-27-22(30-23(28-18)32-12-10-31(4)11-13-32)29-21-24-8-6-17(26-21)20-16(3)25-19-14-15(2)7-9-33(19)20/h6-9,14H,5,10-13H2,1-4H3,(H,24,26,27,28,29,30). The fourth-order valence-electron chi connectivity index (χ4n) is 3.99. The molecule has 4 aromatic rings. The number of nitrogens with one attached hydrogen (secondary N) is 1. The van der Waals surface area contributed by atoms with E-state index < -0.39 is 0 Å². The molecular formula is C23H28N10. The lowest BCUT2D eigenvalue weighted by Gasteiger charge is -2.32. The molecule has 10 nitrogen and oxygen atoms in total. The Hall–Kier alpha value is -3.66. The van der Waals surface area contributed by atoms with Crippen LogP contribution >= 0.6 is 0 Å². The lowest BCUT2D eigenvalue weighted by Crippen LogP contribution is -2.45. The summed E-state index contributed by atoms with van der Waals surface area (Å²) in [6.45, 7) is 9.85. The number of pyridine rings is 1. The van der Waals surface area contributed by atoms with Gasteiger partial charge in [-0.1, -0.05) is 6.92 Å². The topological polar surface area (TPSA) is 100 Å². The van der Waals surface area contributed by atoms with Crippen LogP contribution in [0.4, 0.5) is 17.8 Å². The van der Waals surface area contributed by atoms with Crippen LogP contribution in [-0.2, 0) is 6.42 Å². The quantitative estimate of drug-likeness (QED) is 0.498. The first-order valence-corrected chi connectivity index (χ1v) is 11.2. The zero-order valence-corrected chi connectivity index (χ0v) is 19.4. The smallest absolute Gasteiger partial charge is 0.234 e. The van der Waals surface area contributed by atoms with E-state index in [1.807, 2.05) is 26.1 Å². The van der Waals surface area contributed by atoms with Crippen molar-refractivity contribution in [2.24, 2.45) is 0 Å². The van der Waals surface area contributed by atoms with Crippen LogP contribution in [0.5, 0.6) is 0 Å². The van der Waals surface area contributed by atoms with Crippen molar-refractivity contribution in [1.82, 2.24) is 39.2 Å². The van der Waals surface area contributed by atoms with E-state index in [-0.39, 0.29) is 0 Å². The Balaban J connectivity index is 1.46. The van der Waals surface area contributed by atoms with E-state index in [1.54, 1.807) is 6.20 Å². The van der Waals surface area contributed by atoms with E-state index in [1.165, 1.54) is 5.56 Å². The molecule has 1 saturated heterocycles. The average molecular weight is 445 g/mol. The van der Waals surface area contributed by atoms with Gasteiger partial charge < -0.3 is 9.80 Å². The Bertz CT molecular complexity index is 1290. The van der Waals surface area contributed by atoms with Gasteiger partial charge in [-0.3, -0.25) is 9.72 Å². The number of piperazine rings is 1. The summed E-state index contributed by atoms with van der Waals surface area (Å²) in [6.07, 6.45) is 4.48. The molecule has 5 heterocycles. The molecule has 1 fully saturated rings. The van der Waals surface area contributed by atoms with E-state index in [2.05, 4.69) is 65.6 Å². The van der Waals surface area contributed by atoms with Crippen LogP contribution in [-0.4, -0.2) is 72.4 Å². The third-order valence-electron chi connectivity index (χ3n) is 5.85. The van der Waals surface area contributed by atoms with Gasteiger partial charge in [-0.2, -0.15) is 15.0 Å². The SMILES string of the molecule is CCc1nc(Nc2nccc(-c3c(C)nc4cc(C)ccn34)n2)nc(N2CCN(C)CC2)n1. The van der Waals surface area contributed by atoms with Gasteiger partial charge in [0.2, 0.25) is 17.8 Å². The van der Waals surface area contributed by atoms with Crippen molar-refractivity contribution in [2.45, 2.75) is 27.2 Å². The van der Waals surface area contributed by atoms with Gasteiger partial charge in [0, 0.05) is 45.0 Å². The minimum absolute atomic E-state index is 0.437. The summed E-state index contributed by atoms with van der Waals surface area (Å²) in [5, 5.41) is 3.19. The molecule has 5 rings (SSSR count). The van der Waals surface area contributed by atoms with E-state index in [0.29, 0.717) is 17.8 Å². The normalized spacial score (nSPS) is 14.7. The van der Waals surface area contributed by atoms with Gasteiger partial charge in [0.1, 0.15) is 11.5 Å². The highest BCUT2D eigenvalue weighted by molar-refractivity contribution is 5.65. The molecule has 0 spiro atoms. The van der Waals surface area contributed by atoms with Gasteiger partial charge in [0.05, 0.1) is 17.1 Å². The van der Waals surface area contributed by atoms with Gasteiger partial charge in [-0.05, 0) is 44.7 Å². The first-order valence-electron chi connectivity index (χ1n) is 11.2. The summed E-state index contributed by atoms with van der Waals surface area (Å²) in [6, 6.07) is 6.02. The van der Waals surface area contributed by atoms with Crippen molar-refractivity contribution in [3.05, 3.63) is 47.7 Å². The molecule has 0 unspecified atom stereocenters. The Morgan fingerprint density at radius 2 is 1.76 bits per heavy atom. The van der Waals surface area contributed by atoms with Crippen molar-refractivity contribution >= 4 is 23.5 Å². The van der Waals surface area contributed by atoms with Gasteiger partial charge in [0.15, 0.2) is 0 Å². The van der Waals surface area contributed by atoms with Crippen LogP contribution in [0, 0.1) is 13.8 Å². The van der Waals surface area contributed by atoms with Gasteiger partial charge in [-0.25, -0.2) is 15.0 Å². The van der Waals surface area contributed by atoms with Crippen molar-refractivity contribution in [3.63, 3.8) is 0 Å². The third-order valence-corrected chi connectivity index (χ3v) is 5.85. The maximum Gasteiger partial charge on any atom is 0.234 e. The van der Waals surface area contributed by atoms with Crippen LogP contribution in [0.3, 0.4) is 0 Å². The lowest BCUT2D eigenvalue weighted by atomic mass is 10.2. The maximum atomic E-state index is 4.75. The number of nitrogens with zero attached hydrogens (tertiary/aromatic N) is 9. The van der Waals surface area contributed by atoms with Crippen LogP contribution in [0.1, 0.15) is 24.0 Å². The molecule has 1 aliphatic heterocycles. The molecule has 4 aromatic heterocycles. The third kappa shape index (κ3) is 4.34. The number of anilines is 3. The fraction of sp³-hybridized carbons (Fsp3) is 0.391. The number of aromatic nitrogens is 7. The van der Waals surface area contributed by atoms with Crippen LogP contribution in [0.15, 0.2) is 30.6 Å². The lowest BCUT2D eigenvalue weighted by molar-refractivity contribution is 0.311. The molecule has 10 heteroatoms. The Morgan fingerprint density at radius 3 is 2.55 bits per heavy atom. The van der Waals surface area contributed by atoms with Crippen LogP contribution in [0.2, 0.25) is 0 Å². The van der Waals surface area contributed by atoms with E-state index in [4.69, 9.17) is 9.97 Å². The predicted octanol–water partition coefficient (Wildman–Crippen LogP) is 2.65. The number of aryl methyl sites for hydroxylation is 3. The van der Waals surface area contributed by atoms with Crippen molar-refractivity contribution in [2.75, 3.05) is 43.4 Å². The van der Waals surface area contributed by atoms with Crippen LogP contribution < -0.4 is 10.2 Å². The van der Waals surface area contributed by atoms with Gasteiger partial charge >= 0.3 is 0 Å². The number of fused-ring (bicyclic) bond motifs is 1. The number of hydrogen-bond acceptors (Lipinski definition) is 9. The molecule has 0 aliphatic carbocycles. The highest BCUT2D eigenvalue weighted by Gasteiger charge is 2.19. The summed E-state index contributed by atoms with van der Waals surface area (Å²) >= 11 is 0. The molecular weight excluding hydrogens is 416 g/mol. The van der Waals surface area contributed by atoms with Gasteiger partial charge in [-0.15, -0.1) is 0 Å². The predicted molar refractivity (Wildman–Crippen MR) is 128 cm³/mol. The fourth-order valence-corrected chi connectivity index (χ4v) is 3.99. The summed E-state index contributed by atoms with van der Waals surface area (Å²) in [5.41, 5.74) is 4.71. The molecule has 0 aromatic carbocycles. The number of rotatable bonds is 5. The first-order chi connectivity index (χ1) is 16.0. The van der Waals surface area contributed by atoms with Gasteiger partial charge in [0.25, 0.3) is 0 Å². The maximum absolute atomic E-state index is 4.75. The zero-order chi connectivity index (χ0) is 22.9. The molecule has 1 N–H and O–H groups in total. The summed E-state index contributed by atoms with van der Waals surface area (Å²) in [5.74, 6) is 2.33. The number of hydrogen-bond donors (Lipinski definition) is 1. The molecule has 33 heavy (non-hydrogen) atoms. The second kappa shape index (κ2) is 8.70. The summed E-state index contributed by atoms with van der Waals surface area (Å²) < 4.78 is 2.05. The molecule has 1 aliphatic rings. The molecule has 0 amide bonds. The zero-order valence-electron chi connectivity index (χ0n) is 19.4. The Kier molecular flexibility index (Phi) is 5.59. The van der Waals surface area contributed by atoms with Crippen molar-refractivity contribution in [1.29, 1.82) is 0 Å². The minimum atomic E-state index is 0.437. The summed E-state index contributed by atoms with van der Waals surface area (Å²) in [7, 11) is 2.13. The minimum Gasteiger partial charge on any atom is -0.338 e. The Morgan fingerprint density at radius 1 is 0.939 bits per heavy atom. The van der Waals surface area contributed by atoms with Crippen molar-refractivity contribution in [3.8, 4) is 11.4 Å². The average Bonchev–Trinajstić information content (AvgIpc) is 3.14. The highest BCUT2D eigenvalue weighted by atomic mass is 15.3. The molecule has 0 bridgehead atoms. The summed E-state index contributed by atoms with van der Waals surface area (Å²) in [4.78, 5) is 32.2. The number of imidazole rings is 1. The highest BCUT2D eigenvalue weighted by Crippen LogP contribution is 2.25. The second-order valence-corrected chi connectivity index (χ2v) is 8.39. The molecule has 0 radical (unpaired) electrons. The van der Waals surface area contributed by atoms with Crippen molar-refractivity contribution < 1.29 is 0 Å². The van der Waals surface area contributed by atoms with E-state index in [9.17, 15) is 0 Å². The molecule has 170 valence electrons. The number of likely N-dealkylation sites (N-methyl/N-ethyl adjacent to an activating group) is 1. The largest absolute Gasteiger partial charge is 0.338 e. The monoisotopic (exact) mass is 444 g/mol. The first kappa shape index (κ1) is 21.2. The van der Waals surface area contributed by atoms with Crippen LogP contribution in [0.25, 0.3) is 17.0 Å². The molecule has 0 saturated carbocycles. The van der Waals surface area contributed by atoms with E-state index >= 15 is 0 Å². The Labute approximate surface area is 192 Å².